The van der Waals surface area contributed by atoms with Crippen molar-refractivity contribution in [3.63, 3.8) is 0 Å². The second kappa shape index (κ2) is 5.47. The second-order valence-electron chi connectivity index (χ2n) is 5.20. The van der Waals surface area contributed by atoms with Crippen LogP contribution >= 0.6 is 0 Å². The fraction of sp³-hybridized carbons (Fsp3) is 0.462. The monoisotopic (exact) mass is 313 g/mol. The number of nitrogens with zero attached hydrogens (tertiary/aromatic N) is 4. The number of imidazole rings is 1. The molecule has 0 fully saturated rings. The summed E-state index contributed by atoms with van der Waals surface area (Å²) in [5.74, 6) is 0.623. The van der Waals surface area contributed by atoms with Gasteiger partial charge < -0.3 is 9.88 Å². The number of aryl methyl sites for hydroxylation is 1. The molecule has 1 amide bonds. The molecule has 0 saturated heterocycles. The number of hydrogen-bond donors (Lipinski definition) is 1. The highest BCUT2D eigenvalue weighted by molar-refractivity contribution is 5.75. The summed E-state index contributed by atoms with van der Waals surface area (Å²) >= 11 is 0. The Bertz CT molecular complexity index is 675. The second-order valence-corrected chi connectivity index (χ2v) is 5.20. The van der Waals surface area contributed by atoms with Crippen molar-refractivity contribution in [3.05, 3.63) is 36.2 Å². The van der Waals surface area contributed by atoms with Crippen LogP contribution in [-0.4, -0.2) is 31.3 Å². The van der Waals surface area contributed by atoms with Crippen molar-refractivity contribution in [2.75, 3.05) is 0 Å². The van der Waals surface area contributed by atoms with Crippen molar-refractivity contribution in [3.8, 4) is 0 Å². The Morgan fingerprint density at radius 2 is 2.23 bits per heavy atom. The van der Waals surface area contributed by atoms with Crippen LogP contribution < -0.4 is 5.32 Å². The van der Waals surface area contributed by atoms with Gasteiger partial charge in [0.25, 0.3) is 0 Å². The number of carbonyl (C=O) groups excluding carboxylic acids is 1. The van der Waals surface area contributed by atoms with Crippen molar-refractivity contribution in [1.29, 1.82) is 0 Å². The van der Waals surface area contributed by atoms with E-state index in [1.165, 1.54) is 0 Å². The topological polar surface area (TPSA) is 64.7 Å². The minimum absolute atomic E-state index is 0.0492. The first-order valence-electron chi connectivity index (χ1n) is 6.82. The molecule has 2 aromatic rings. The lowest BCUT2D eigenvalue weighted by Gasteiger charge is -2.24. The van der Waals surface area contributed by atoms with Crippen molar-refractivity contribution in [1.82, 2.24) is 24.6 Å². The van der Waals surface area contributed by atoms with Gasteiger partial charge in [0.15, 0.2) is 5.69 Å². The van der Waals surface area contributed by atoms with Gasteiger partial charge >= 0.3 is 6.18 Å². The summed E-state index contributed by atoms with van der Waals surface area (Å²) in [6.45, 7) is 0.386. The van der Waals surface area contributed by atoms with Gasteiger partial charge in [0.2, 0.25) is 5.91 Å². The fourth-order valence-corrected chi connectivity index (χ4v) is 2.51. The summed E-state index contributed by atoms with van der Waals surface area (Å²) < 4.78 is 40.3. The number of rotatable bonds is 3. The van der Waals surface area contributed by atoms with E-state index in [9.17, 15) is 18.0 Å². The maximum Gasteiger partial charge on any atom is 0.435 e. The van der Waals surface area contributed by atoms with E-state index in [1.54, 1.807) is 6.20 Å². The van der Waals surface area contributed by atoms with Gasteiger partial charge in [0.1, 0.15) is 12.4 Å². The Balaban J connectivity index is 1.56. The summed E-state index contributed by atoms with van der Waals surface area (Å²) in [6.07, 6.45) is 1.73. The van der Waals surface area contributed by atoms with Gasteiger partial charge in [-0.05, 0) is 12.5 Å². The third-order valence-corrected chi connectivity index (χ3v) is 3.54. The summed E-state index contributed by atoms with van der Waals surface area (Å²) in [4.78, 5) is 16.1. The highest BCUT2D eigenvalue weighted by Crippen LogP contribution is 2.27. The van der Waals surface area contributed by atoms with Crippen LogP contribution in [0.25, 0.3) is 0 Å². The first-order chi connectivity index (χ1) is 10.4. The molecule has 6 nitrogen and oxygen atoms in total. The number of fused-ring (bicyclic) bond motifs is 1. The molecule has 3 rings (SSSR count). The standard InChI is InChI=1S/C13H14F3N5O/c14-13(15,16)10-3-5-21(19-10)8-12(22)18-9-1-2-11-17-4-6-20(11)7-9/h3-6,9H,1-2,7-8H2,(H,18,22). The van der Waals surface area contributed by atoms with E-state index in [2.05, 4.69) is 15.4 Å². The number of nitrogens with one attached hydrogen (secondary N) is 1. The molecule has 22 heavy (non-hydrogen) atoms. The van der Waals surface area contributed by atoms with Crippen LogP contribution in [0.15, 0.2) is 24.7 Å². The molecule has 0 aromatic carbocycles. The minimum atomic E-state index is -4.50. The van der Waals surface area contributed by atoms with Crippen molar-refractivity contribution in [2.45, 2.75) is 38.1 Å². The molecule has 118 valence electrons. The van der Waals surface area contributed by atoms with Crippen LogP contribution in [0.2, 0.25) is 0 Å². The number of amides is 1. The molecule has 1 unspecified atom stereocenters. The summed E-state index contributed by atoms with van der Waals surface area (Å²) in [5.41, 5.74) is -0.999. The van der Waals surface area contributed by atoms with E-state index >= 15 is 0 Å². The Morgan fingerprint density at radius 3 is 2.95 bits per heavy atom. The van der Waals surface area contributed by atoms with Crippen molar-refractivity contribution < 1.29 is 18.0 Å². The molecule has 0 spiro atoms. The van der Waals surface area contributed by atoms with Gasteiger partial charge in [-0.1, -0.05) is 0 Å². The van der Waals surface area contributed by atoms with Crippen molar-refractivity contribution >= 4 is 5.91 Å². The van der Waals surface area contributed by atoms with E-state index in [-0.39, 0.29) is 18.5 Å². The van der Waals surface area contributed by atoms with Crippen LogP contribution in [-0.2, 0) is 30.5 Å². The molecule has 0 saturated carbocycles. The van der Waals surface area contributed by atoms with Gasteiger partial charge in [-0.15, -0.1) is 0 Å². The predicted molar refractivity (Wildman–Crippen MR) is 69.7 cm³/mol. The highest BCUT2D eigenvalue weighted by atomic mass is 19.4. The van der Waals surface area contributed by atoms with E-state index in [0.717, 1.165) is 35.6 Å². The predicted octanol–water partition coefficient (Wildman–Crippen LogP) is 1.23. The van der Waals surface area contributed by atoms with Crippen LogP contribution in [0.1, 0.15) is 17.9 Å². The van der Waals surface area contributed by atoms with Gasteiger partial charge in [0.05, 0.1) is 0 Å². The van der Waals surface area contributed by atoms with Gasteiger partial charge in [-0.3, -0.25) is 9.48 Å². The zero-order chi connectivity index (χ0) is 15.7. The lowest BCUT2D eigenvalue weighted by Crippen LogP contribution is -2.42. The zero-order valence-electron chi connectivity index (χ0n) is 11.5. The van der Waals surface area contributed by atoms with Crippen molar-refractivity contribution in [2.24, 2.45) is 0 Å². The van der Waals surface area contributed by atoms with Crippen LogP contribution in [0, 0.1) is 0 Å². The largest absolute Gasteiger partial charge is 0.435 e. The minimum Gasteiger partial charge on any atom is -0.350 e. The third kappa shape index (κ3) is 3.12. The van der Waals surface area contributed by atoms with Crippen LogP contribution in [0.4, 0.5) is 13.2 Å². The van der Waals surface area contributed by atoms with Gasteiger partial charge in [-0.25, -0.2) is 4.98 Å². The summed E-state index contributed by atoms with van der Waals surface area (Å²) in [6, 6.07) is 0.804. The smallest absolute Gasteiger partial charge is 0.350 e. The molecule has 1 N–H and O–H groups in total. The molecule has 0 aliphatic carbocycles. The molecule has 1 atom stereocenters. The lowest BCUT2D eigenvalue weighted by molar-refractivity contribution is -0.141. The lowest BCUT2D eigenvalue weighted by atomic mass is 10.1. The molecular formula is C13H14F3N5O. The zero-order valence-corrected chi connectivity index (χ0v) is 11.5. The quantitative estimate of drug-likeness (QED) is 0.927. The van der Waals surface area contributed by atoms with E-state index in [0.29, 0.717) is 6.54 Å². The summed E-state index contributed by atoms with van der Waals surface area (Å²) in [7, 11) is 0. The number of halogens is 3. The Hall–Kier alpha value is -2.32. The van der Waals surface area contributed by atoms with E-state index in [1.807, 2.05) is 10.8 Å². The number of aromatic nitrogens is 4. The van der Waals surface area contributed by atoms with E-state index < -0.39 is 11.9 Å². The SMILES string of the molecule is O=C(Cn1ccc(C(F)(F)F)n1)NC1CCc2nccn2C1. The van der Waals surface area contributed by atoms with E-state index in [4.69, 9.17) is 0 Å². The number of carbonyl (C=O) groups is 1. The molecule has 0 radical (unpaired) electrons. The maximum atomic E-state index is 12.4. The number of alkyl halides is 3. The van der Waals surface area contributed by atoms with Gasteiger partial charge in [0, 0.05) is 37.6 Å². The molecule has 2 aromatic heterocycles. The first-order valence-corrected chi connectivity index (χ1v) is 6.82. The van der Waals surface area contributed by atoms with Gasteiger partial charge in [-0.2, -0.15) is 18.3 Å². The first kappa shape index (κ1) is 14.6. The summed E-state index contributed by atoms with van der Waals surface area (Å²) in [5, 5.41) is 6.17. The van der Waals surface area contributed by atoms with Crippen LogP contribution in [0.3, 0.4) is 0 Å². The van der Waals surface area contributed by atoms with Crippen LogP contribution in [0.5, 0.6) is 0 Å². The fourth-order valence-electron chi connectivity index (χ4n) is 2.51. The molecule has 3 heterocycles. The number of hydrogen-bond acceptors (Lipinski definition) is 3. The molecule has 1 aliphatic heterocycles. The third-order valence-electron chi connectivity index (χ3n) is 3.54. The Morgan fingerprint density at radius 1 is 1.41 bits per heavy atom. The Kier molecular flexibility index (Phi) is 3.63. The molecule has 9 heteroatoms. The highest BCUT2D eigenvalue weighted by Gasteiger charge is 2.33. The molecular weight excluding hydrogens is 299 g/mol. The Labute approximate surface area is 123 Å². The average molecular weight is 313 g/mol. The maximum absolute atomic E-state index is 12.4. The molecule has 0 bridgehead atoms. The molecule has 1 aliphatic rings. The normalized spacial score (nSPS) is 18.0. The average Bonchev–Trinajstić information content (AvgIpc) is 3.05.